The summed E-state index contributed by atoms with van der Waals surface area (Å²) in [5, 5.41) is 5.87. The van der Waals surface area contributed by atoms with Gasteiger partial charge in [-0.3, -0.25) is 9.48 Å². The second kappa shape index (κ2) is 7.03. The van der Waals surface area contributed by atoms with Crippen molar-refractivity contribution in [3.8, 4) is 0 Å². The van der Waals surface area contributed by atoms with Gasteiger partial charge in [-0.1, -0.05) is 20.8 Å². The number of hydrogen-bond acceptors (Lipinski definition) is 4. The second-order valence-electron chi connectivity index (χ2n) is 5.56. The van der Waals surface area contributed by atoms with Crippen LogP contribution in [0.2, 0.25) is 0 Å². The smallest absolute Gasteiger partial charge is 0.152 e. The molecule has 20 heavy (non-hydrogen) atoms. The van der Waals surface area contributed by atoms with E-state index < -0.39 is 0 Å². The molecule has 1 aliphatic heterocycles. The van der Waals surface area contributed by atoms with Crippen molar-refractivity contribution in [2.24, 2.45) is 0 Å². The van der Waals surface area contributed by atoms with Crippen LogP contribution in [0, 0.1) is 0 Å². The summed E-state index contributed by atoms with van der Waals surface area (Å²) in [6.07, 6.45) is 3.52. The van der Waals surface area contributed by atoms with Gasteiger partial charge in [0.25, 0.3) is 0 Å². The molecule has 0 aromatic carbocycles. The Labute approximate surface area is 130 Å². The number of Topliss-reactive ketones (excluding diaryl/α,β-unsaturated/α-hetero) is 1. The molecular formula is C15H24N2OS2. The average molecular weight is 313 g/mol. The Kier molecular flexibility index (Phi) is 5.61. The molecule has 0 aliphatic carbocycles. The molecule has 5 heteroatoms. The molecule has 1 saturated heterocycles. The van der Waals surface area contributed by atoms with Crippen LogP contribution < -0.4 is 0 Å². The highest BCUT2D eigenvalue weighted by Gasteiger charge is 2.30. The molecule has 4 unspecified atom stereocenters. The summed E-state index contributed by atoms with van der Waals surface area (Å²) in [6, 6.07) is 2.39. The zero-order chi connectivity index (χ0) is 14.7. The summed E-state index contributed by atoms with van der Waals surface area (Å²) in [7, 11) is 0. The number of carbonyl (C=O) groups excluding carboxylic acids is 1. The maximum atomic E-state index is 12.4. The Hall–Kier alpha value is -0.420. The summed E-state index contributed by atoms with van der Waals surface area (Å²) >= 11 is 3.75. The van der Waals surface area contributed by atoms with E-state index in [2.05, 4.69) is 32.8 Å². The summed E-state index contributed by atoms with van der Waals surface area (Å²) in [6.45, 7) is 8.77. The molecule has 2 heterocycles. The number of aromatic nitrogens is 2. The standard InChI is InChI=1S/C15H24N2OS2/c1-5-10(2)17-7-6-13(16-17)8-14(18)15-9-19-11(3)12(4)20-15/h6-7,10-12,15H,5,8-9H2,1-4H3. The lowest BCUT2D eigenvalue weighted by molar-refractivity contribution is -0.117. The first-order valence-corrected chi connectivity index (χ1v) is 9.34. The van der Waals surface area contributed by atoms with Crippen molar-refractivity contribution in [3.05, 3.63) is 18.0 Å². The van der Waals surface area contributed by atoms with E-state index in [0.717, 1.165) is 17.9 Å². The number of nitrogens with zero attached hydrogens (tertiary/aromatic N) is 2. The van der Waals surface area contributed by atoms with Gasteiger partial charge < -0.3 is 0 Å². The van der Waals surface area contributed by atoms with Crippen molar-refractivity contribution in [1.29, 1.82) is 0 Å². The van der Waals surface area contributed by atoms with Gasteiger partial charge in [0.1, 0.15) is 0 Å². The van der Waals surface area contributed by atoms with Crippen LogP contribution >= 0.6 is 23.5 Å². The van der Waals surface area contributed by atoms with Crippen molar-refractivity contribution in [3.63, 3.8) is 0 Å². The van der Waals surface area contributed by atoms with Crippen molar-refractivity contribution >= 4 is 29.3 Å². The lowest BCUT2D eigenvalue weighted by Gasteiger charge is -2.30. The summed E-state index contributed by atoms with van der Waals surface area (Å²) in [4.78, 5) is 12.4. The number of hydrogen-bond donors (Lipinski definition) is 0. The highest BCUT2D eigenvalue weighted by atomic mass is 32.2. The predicted molar refractivity (Wildman–Crippen MR) is 88.7 cm³/mol. The van der Waals surface area contributed by atoms with Crippen LogP contribution in [0.1, 0.15) is 45.9 Å². The van der Waals surface area contributed by atoms with E-state index in [-0.39, 0.29) is 5.25 Å². The molecule has 112 valence electrons. The number of carbonyl (C=O) groups is 1. The number of thioether (sulfide) groups is 2. The Morgan fingerprint density at radius 3 is 2.90 bits per heavy atom. The molecule has 0 amide bonds. The maximum absolute atomic E-state index is 12.4. The van der Waals surface area contributed by atoms with Gasteiger partial charge in [0.2, 0.25) is 0 Å². The summed E-state index contributed by atoms with van der Waals surface area (Å²) in [5.74, 6) is 1.27. The fourth-order valence-corrected chi connectivity index (χ4v) is 5.04. The Morgan fingerprint density at radius 1 is 1.50 bits per heavy atom. The molecule has 2 rings (SSSR count). The third-order valence-electron chi connectivity index (χ3n) is 3.97. The van der Waals surface area contributed by atoms with Gasteiger partial charge in [-0.2, -0.15) is 16.9 Å². The van der Waals surface area contributed by atoms with Crippen LogP contribution in [0.4, 0.5) is 0 Å². The molecule has 0 saturated carbocycles. The highest BCUT2D eigenvalue weighted by Crippen LogP contribution is 2.36. The van der Waals surface area contributed by atoms with Crippen LogP contribution in [0.3, 0.4) is 0 Å². The quantitative estimate of drug-likeness (QED) is 0.832. The van der Waals surface area contributed by atoms with Gasteiger partial charge in [-0.05, 0) is 19.4 Å². The van der Waals surface area contributed by atoms with Gasteiger partial charge in [0.15, 0.2) is 5.78 Å². The van der Waals surface area contributed by atoms with Gasteiger partial charge >= 0.3 is 0 Å². The van der Waals surface area contributed by atoms with Crippen molar-refractivity contribution in [2.45, 2.75) is 62.3 Å². The van der Waals surface area contributed by atoms with E-state index in [1.165, 1.54) is 0 Å². The average Bonchev–Trinajstić information content (AvgIpc) is 2.89. The SMILES string of the molecule is CCC(C)n1ccc(CC(=O)C2CSC(C)C(C)S2)n1. The maximum Gasteiger partial charge on any atom is 0.152 e. The summed E-state index contributed by atoms with van der Waals surface area (Å²) < 4.78 is 1.97. The highest BCUT2D eigenvalue weighted by molar-refractivity contribution is 8.08. The first-order chi connectivity index (χ1) is 9.51. The van der Waals surface area contributed by atoms with E-state index in [1.54, 1.807) is 0 Å². The topological polar surface area (TPSA) is 34.9 Å². The monoisotopic (exact) mass is 312 g/mol. The first kappa shape index (κ1) is 16.0. The first-order valence-electron chi connectivity index (χ1n) is 7.35. The zero-order valence-electron chi connectivity index (χ0n) is 12.7. The normalized spacial score (nSPS) is 28.3. The molecule has 1 aromatic heterocycles. The van der Waals surface area contributed by atoms with Crippen LogP contribution in [0.25, 0.3) is 0 Å². The Balaban J connectivity index is 1.93. The largest absolute Gasteiger partial charge is 0.298 e. The molecule has 0 bridgehead atoms. The van der Waals surface area contributed by atoms with Crippen LogP contribution in [-0.4, -0.2) is 37.1 Å². The Bertz CT molecular complexity index is 460. The lowest BCUT2D eigenvalue weighted by Crippen LogP contribution is -2.32. The zero-order valence-corrected chi connectivity index (χ0v) is 14.3. The van der Waals surface area contributed by atoms with Crippen LogP contribution in [0.5, 0.6) is 0 Å². The molecule has 0 radical (unpaired) electrons. The van der Waals surface area contributed by atoms with Gasteiger partial charge in [0.05, 0.1) is 17.4 Å². The summed E-state index contributed by atoms with van der Waals surface area (Å²) in [5.41, 5.74) is 0.909. The molecule has 0 N–H and O–H groups in total. The minimum atomic E-state index is 0.139. The van der Waals surface area contributed by atoms with Gasteiger partial charge in [-0.15, -0.1) is 11.8 Å². The third kappa shape index (κ3) is 3.82. The lowest BCUT2D eigenvalue weighted by atomic mass is 10.2. The van der Waals surface area contributed by atoms with Crippen molar-refractivity contribution < 1.29 is 4.79 Å². The minimum absolute atomic E-state index is 0.139. The molecule has 1 aliphatic rings. The van der Waals surface area contributed by atoms with Crippen LogP contribution in [-0.2, 0) is 11.2 Å². The third-order valence-corrected chi connectivity index (χ3v) is 7.41. The number of rotatable bonds is 5. The van der Waals surface area contributed by atoms with E-state index in [0.29, 0.717) is 28.7 Å². The minimum Gasteiger partial charge on any atom is -0.298 e. The molecule has 1 aromatic rings. The molecule has 3 nitrogen and oxygen atoms in total. The predicted octanol–water partition coefficient (Wildman–Crippen LogP) is 3.59. The Morgan fingerprint density at radius 2 is 2.25 bits per heavy atom. The fraction of sp³-hybridized carbons (Fsp3) is 0.733. The van der Waals surface area contributed by atoms with Gasteiger partial charge in [0, 0.05) is 28.5 Å². The molecular weight excluding hydrogens is 288 g/mol. The molecule has 4 atom stereocenters. The van der Waals surface area contributed by atoms with Crippen molar-refractivity contribution in [2.75, 3.05) is 5.75 Å². The van der Waals surface area contributed by atoms with E-state index in [4.69, 9.17) is 0 Å². The fourth-order valence-electron chi connectivity index (χ4n) is 2.15. The van der Waals surface area contributed by atoms with Crippen LogP contribution in [0.15, 0.2) is 12.3 Å². The van der Waals surface area contributed by atoms with Gasteiger partial charge in [-0.25, -0.2) is 0 Å². The second-order valence-corrected chi connectivity index (χ2v) is 8.55. The van der Waals surface area contributed by atoms with E-state index in [9.17, 15) is 4.79 Å². The molecule has 1 fully saturated rings. The van der Waals surface area contributed by atoms with Crippen molar-refractivity contribution in [1.82, 2.24) is 9.78 Å². The van der Waals surface area contributed by atoms with E-state index in [1.807, 2.05) is 40.5 Å². The molecule has 0 spiro atoms. The van der Waals surface area contributed by atoms with E-state index >= 15 is 0 Å². The number of ketones is 1.